The van der Waals surface area contributed by atoms with Crippen molar-refractivity contribution >= 4 is 29.4 Å². The maximum atomic E-state index is 12.8. The number of nitrogens with one attached hydrogen (secondary N) is 3. The average Bonchev–Trinajstić information content (AvgIpc) is 2.81. The molecule has 1 aliphatic rings. The topological polar surface area (TPSA) is 126 Å². The zero-order valence-corrected chi connectivity index (χ0v) is 20.7. The lowest BCUT2D eigenvalue weighted by molar-refractivity contribution is -0.158. The van der Waals surface area contributed by atoms with Crippen molar-refractivity contribution in [3.63, 3.8) is 0 Å². The monoisotopic (exact) mass is 482 g/mol. The number of esters is 1. The van der Waals surface area contributed by atoms with Gasteiger partial charge in [0.15, 0.2) is 0 Å². The summed E-state index contributed by atoms with van der Waals surface area (Å²) < 4.78 is 5.36. The number of carbonyl (C=O) groups is 3. The van der Waals surface area contributed by atoms with E-state index in [9.17, 15) is 14.4 Å². The van der Waals surface area contributed by atoms with E-state index in [1.54, 1.807) is 45.3 Å². The largest absolute Gasteiger partial charge is 0.458 e. The lowest BCUT2D eigenvalue weighted by atomic mass is 10.0. The highest BCUT2D eigenvalue weighted by molar-refractivity contribution is 5.95. The number of piperidine rings is 1. The molecule has 1 atom stereocenters. The number of hydrogen-bond acceptors (Lipinski definition) is 8. The Balaban J connectivity index is 1.56. The van der Waals surface area contributed by atoms with Crippen LogP contribution in [0.1, 0.15) is 50.9 Å². The second-order valence-corrected chi connectivity index (χ2v) is 9.52. The molecule has 1 unspecified atom stereocenters. The van der Waals surface area contributed by atoms with Gasteiger partial charge in [-0.3, -0.25) is 9.59 Å². The maximum Gasteiger partial charge on any atom is 0.331 e. The molecule has 3 N–H and O–H groups in total. The third-order valence-corrected chi connectivity index (χ3v) is 5.40. The van der Waals surface area contributed by atoms with Crippen LogP contribution in [0.5, 0.6) is 0 Å². The van der Waals surface area contributed by atoms with Gasteiger partial charge in [0.05, 0.1) is 0 Å². The molecule has 10 nitrogen and oxygen atoms in total. The molecule has 35 heavy (non-hydrogen) atoms. The molecule has 10 heteroatoms. The average molecular weight is 483 g/mol. The van der Waals surface area contributed by atoms with Crippen LogP contribution in [-0.2, 0) is 14.3 Å². The second kappa shape index (κ2) is 11.6. The number of amides is 2. The molecule has 1 aromatic carbocycles. The first-order valence-corrected chi connectivity index (χ1v) is 11.8. The van der Waals surface area contributed by atoms with Crippen molar-refractivity contribution in [2.45, 2.75) is 58.2 Å². The fourth-order valence-electron chi connectivity index (χ4n) is 3.79. The summed E-state index contributed by atoms with van der Waals surface area (Å²) in [4.78, 5) is 47.5. The predicted octanol–water partition coefficient (Wildman–Crippen LogP) is 2.13. The first kappa shape index (κ1) is 25.9. The van der Waals surface area contributed by atoms with Gasteiger partial charge >= 0.3 is 5.97 Å². The summed E-state index contributed by atoms with van der Waals surface area (Å²) in [7, 11) is 0. The van der Waals surface area contributed by atoms with Gasteiger partial charge in [-0.15, -0.1) is 0 Å². The predicted molar refractivity (Wildman–Crippen MR) is 133 cm³/mol. The molecule has 2 amide bonds. The number of carbonyl (C=O) groups excluding carboxylic acids is 3. The summed E-state index contributed by atoms with van der Waals surface area (Å²) >= 11 is 0. The maximum absolute atomic E-state index is 12.8. The summed E-state index contributed by atoms with van der Waals surface area (Å²) in [5.41, 5.74) is 0.729. The van der Waals surface area contributed by atoms with Gasteiger partial charge < -0.3 is 25.6 Å². The molecule has 0 radical (unpaired) electrons. The van der Waals surface area contributed by atoms with E-state index in [1.165, 1.54) is 6.92 Å². The molecular weight excluding hydrogens is 448 g/mol. The normalized spacial score (nSPS) is 15.1. The molecule has 2 aromatic rings. The Labute approximate surface area is 205 Å². The summed E-state index contributed by atoms with van der Waals surface area (Å²) in [5, 5.41) is 8.65. The van der Waals surface area contributed by atoms with Crippen LogP contribution in [0.4, 0.5) is 11.6 Å². The summed E-state index contributed by atoms with van der Waals surface area (Å²) in [6, 6.07) is 8.48. The minimum absolute atomic E-state index is 0.0732. The minimum Gasteiger partial charge on any atom is -0.458 e. The van der Waals surface area contributed by atoms with Gasteiger partial charge in [0.25, 0.3) is 5.91 Å². The van der Waals surface area contributed by atoms with Crippen molar-refractivity contribution < 1.29 is 19.1 Å². The number of aromatic nitrogens is 2. The fourth-order valence-corrected chi connectivity index (χ4v) is 3.79. The lowest BCUT2D eigenvalue weighted by Gasteiger charge is -2.34. The SMILES string of the molecule is CC(=O)NC(CNC(=O)c1cccc(N2CCC(Nc3ncccn3)CC2)c1)C(=O)OC(C)(C)C. The van der Waals surface area contributed by atoms with Gasteiger partial charge in [-0.1, -0.05) is 6.07 Å². The molecule has 0 spiro atoms. The van der Waals surface area contributed by atoms with E-state index in [0.29, 0.717) is 17.6 Å². The summed E-state index contributed by atoms with van der Waals surface area (Å²) in [5.74, 6) is -0.676. The molecule has 1 fully saturated rings. The van der Waals surface area contributed by atoms with Crippen LogP contribution < -0.4 is 20.9 Å². The molecule has 1 aliphatic heterocycles. The zero-order chi connectivity index (χ0) is 25.4. The Bertz CT molecular complexity index is 1020. The molecule has 1 saturated heterocycles. The van der Waals surface area contributed by atoms with Crippen LogP contribution in [-0.4, -0.2) is 65.1 Å². The van der Waals surface area contributed by atoms with Crippen LogP contribution in [0.2, 0.25) is 0 Å². The van der Waals surface area contributed by atoms with Crippen molar-refractivity contribution in [1.82, 2.24) is 20.6 Å². The third kappa shape index (κ3) is 8.24. The molecule has 2 heterocycles. The Kier molecular flexibility index (Phi) is 8.62. The quantitative estimate of drug-likeness (QED) is 0.489. The van der Waals surface area contributed by atoms with E-state index in [0.717, 1.165) is 31.6 Å². The van der Waals surface area contributed by atoms with Gasteiger partial charge in [0, 0.05) is 56.2 Å². The minimum atomic E-state index is -0.973. The fraction of sp³-hybridized carbons (Fsp3) is 0.480. The van der Waals surface area contributed by atoms with Crippen LogP contribution in [0.25, 0.3) is 0 Å². The highest BCUT2D eigenvalue weighted by atomic mass is 16.6. The molecule has 1 aromatic heterocycles. The van der Waals surface area contributed by atoms with E-state index < -0.39 is 17.6 Å². The molecule has 0 bridgehead atoms. The molecule has 188 valence electrons. The van der Waals surface area contributed by atoms with Gasteiger partial charge in [-0.25, -0.2) is 14.8 Å². The van der Waals surface area contributed by atoms with E-state index in [4.69, 9.17) is 4.74 Å². The molecule has 3 rings (SSSR count). The van der Waals surface area contributed by atoms with Crippen molar-refractivity contribution in [3.8, 4) is 0 Å². The Morgan fingerprint density at radius 1 is 1.11 bits per heavy atom. The first-order chi connectivity index (χ1) is 16.6. The second-order valence-electron chi connectivity index (χ2n) is 9.52. The van der Waals surface area contributed by atoms with E-state index in [-0.39, 0.29) is 18.4 Å². The Hall–Kier alpha value is -3.69. The third-order valence-electron chi connectivity index (χ3n) is 5.40. The number of rotatable bonds is 8. The van der Waals surface area contributed by atoms with Crippen molar-refractivity contribution in [3.05, 3.63) is 48.3 Å². The van der Waals surface area contributed by atoms with Crippen molar-refractivity contribution in [2.75, 3.05) is 29.9 Å². The van der Waals surface area contributed by atoms with Crippen LogP contribution >= 0.6 is 0 Å². The number of anilines is 2. The van der Waals surface area contributed by atoms with Crippen LogP contribution in [0, 0.1) is 0 Å². The molecule has 0 saturated carbocycles. The molecule has 0 aliphatic carbocycles. The van der Waals surface area contributed by atoms with Crippen LogP contribution in [0.3, 0.4) is 0 Å². The Morgan fingerprint density at radius 2 is 1.80 bits per heavy atom. The zero-order valence-electron chi connectivity index (χ0n) is 20.7. The number of hydrogen-bond donors (Lipinski definition) is 3. The van der Waals surface area contributed by atoms with Gasteiger partial charge in [-0.2, -0.15) is 0 Å². The van der Waals surface area contributed by atoms with Crippen molar-refractivity contribution in [2.24, 2.45) is 0 Å². The Morgan fingerprint density at radius 3 is 2.43 bits per heavy atom. The first-order valence-electron chi connectivity index (χ1n) is 11.8. The highest BCUT2D eigenvalue weighted by Crippen LogP contribution is 2.22. The van der Waals surface area contributed by atoms with Crippen molar-refractivity contribution in [1.29, 1.82) is 0 Å². The van der Waals surface area contributed by atoms with E-state index in [1.807, 2.05) is 18.2 Å². The number of nitrogens with zero attached hydrogens (tertiary/aromatic N) is 3. The number of ether oxygens (including phenoxy) is 1. The lowest BCUT2D eigenvalue weighted by Crippen LogP contribution is -2.50. The number of benzene rings is 1. The van der Waals surface area contributed by atoms with Gasteiger partial charge in [-0.05, 0) is 57.9 Å². The smallest absolute Gasteiger partial charge is 0.331 e. The summed E-state index contributed by atoms with van der Waals surface area (Å²) in [6.07, 6.45) is 5.27. The van der Waals surface area contributed by atoms with Crippen LogP contribution in [0.15, 0.2) is 42.7 Å². The van der Waals surface area contributed by atoms with Gasteiger partial charge in [0.1, 0.15) is 11.6 Å². The van der Waals surface area contributed by atoms with E-state index >= 15 is 0 Å². The summed E-state index contributed by atoms with van der Waals surface area (Å²) in [6.45, 7) is 8.14. The standard InChI is InChI=1S/C25H34N6O4/c1-17(32)29-21(23(34)35-25(2,3)4)16-28-22(33)18-7-5-8-20(15-18)31-13-9-19(10-14-31)30-24-26-11-6-12-27-24/h5-8,11-12,15,19,21H,9-10,13-14,16H2,1-4H3,(H,28,33)(H,29,32)(H,26,27,30). The highest BCUT2D eigenvalue weighted by Gasteiger charge is 2.27. The van der Waals surface area contributed by atoms with E-state index in [2.05, 4.69) is 30.8 Å². The van der Waals surface area contributed by atoms with Gasteiger partial charge in [0.2, 0.25) is 11.9 Å². The molecular formula is C25H34N6O4.